The van der Waals surface area contributed by atoms with Gasteiger partial charge in [0.05, 0.1) is 18.4 Å². The van der Waals surface area contributed by atoms with Crippen molar-refractivity contribution < 1.29 is 9.53 Å². The number of likely N-dealkylation sites (N-methyl/N-ethyl adjacent to an activating group) is 1. The molecule has 0 aliphatic carbocycles. The van der Waals surface area contributed by atoms with Gasteiger partial charge < -0.3 is 10.1 Å². The summed E-state index contributed by atoms with van der Waals surface area (Å²) in [4.78, 5) is 20.2. The SMILES string of the molecule is CCN(C(C)=O)c1nc(CN2CCOC(CNC)C2)cs1. The number of nitrogens with one attached hydrogen (secondary N) is 1. The third kappa shape index (κ3) is 4.47. The van der Waals surface area contributed by atoms with Crippen LogP contribution < -0.4 is 10.2 Å². The van der Waals surface area contributed by atoms with Crippen LogP contribution in [0.5, 0.6) is 0 Å². The second-order valence-electron chi connectivity index (χ2n) is 5.17. The van der Waals surface area contributed by atoms with Crippen LogP contribution in [0, 0.1) is 0 Å². The average Bonchev–Trinajstić information content (AvgIpc) is 2.88. The van der Waals surface area contributed by atoms with Crippen molar-refractivity contribution in [2.45, 2.75) is 26.5 Å². The first-order chi connectivity index (χ1) is 10.1. The van der Waals surface area contributed by atoms with Gasteiger partial charge in [-0.05, 0) is 14.0 Å². The van der Waals surface area contributed by atoms with Gasteiger partial charge in [-0.1, -0.05) is 0 Å². The molecule has 1 aromatic rings. The van der Waals surface area contributed by atoms with Crippen LogP contribution in [0.3, 0.4) is 0 Å². The summed E-state index contributed by atoms with van der Waals surface area (Å²) in [6.07, 6.45) is 0.242. The first-order valence-electron chi connectivity index (χ1n) is 7.35. The molecule has 2 rings (SSSR count). The van der Waals surface area contributed by atoms with Crippen molar-refractivity contribution in [2.24, 2.45) is 0 Å². The van der Waals surface area contributed by atoms with Crippen molar-refractivity contribution in [3.05, 3.63) is 11.1 Å². The lowest BCUT2D eigenvalue weighted by atomic mass is 10.2. The molecule has 0 saturated carbocycles. The van der Waals surface area contributed by atoms with Gasteiger partial charge in [-0.25, -0.2) is 4.98 Å². The summed E-state index contributed by atoms with van der Waals surface area (Å²) in [6.45, 7) is 8.49. The van der Waals surface area contributed by atoms with Crippen LogP contribution in [0.2, 0.25) is 0 Å². The molecule has 21 heavy (non-hydrogen) atoms. The minimum Gasteiger partial charge on any atom is -0.374 e. The molecule has 0 spiro atoms. The van der Waals surface area contributed by atoms with Gasteiger partial charge >= 0.3 is 0 Å². The Kier molecular flexibility index (Phi) is 6.10. The fraction of sp³-hybridized carbons (Fsp3) is 0.714. The number of carbonyl (C=O) groups excluding carboxylic acids is 1. The Bertz CT molecular complexity index is 464. The zero-order valence-corrected chi connectivity index (χ0v) is 13.8. The van der Waals surface area contributed by atoms with E-state index in [0.717, 1.165) is 43.6 Å². The second kappa shape index (κ2) is 7.84. The molecule has 1 saturated heterocycles. The summed E-state index contributed by atoms with van der Waals surface area (Å²) in [5, 5.41) is 5.99. The molecule has 1 aromatic heterocycles. The van der Waals surface area contributed by atoms with Crippen molar-refractivity contribution >= 4 is 22.4 Å². The maximum atomic E-state index is 11.5. The molecule has 6 nitrogen and oxygen atoms in total. The number of thiazole rings is 1. The molecule has 1 aliphatic heterocycles. The van der Waals surface area contributed by atoms with Crippen LogP contribution in [-0.4, -0.2) is 61.7 Å². The van der Waals surface area contributed by atoms with Gasteiger partial charge in [-0.15, -0.1) is 11.3 Å². The predicted octanol–water partition coefficient (Wildman–Crippen LogP) is 0.936. The number of hydrogen-bond acceptors (Lipinski definition) is 6. The number of amides is 1. The topological polar surface area (TPSA) is 57.7 Å². The first-order valence-corrected chi connectivity index (χ1v) is 8.23. The molecule has 2 heterocycles. The lowest BCUT2D eigenvalue weighted by molar-refractivity contribution is -0.116. The maximum absolute atomic E-state index is 11.5. The van der Waals surface area contributed by atoms with Gasteiger partial charge in [-0.2, -0.15) is 0 Å². The monoisotopic (exact) mass is 312 g/mol. The maximum Gasteiger partial charge on any atom is 0.225 e. The minimum atomic E-state index is 0.0406. The molecule has 1 aliphatic rings. The van der Waals surface area contributed by atoms with Crippen molar-refractivity contribution in [1.82, 2.24) is 15.2 Å². The number of aromatic nitrogens is 1. The smallest absolute Gasteiger partial charge is 0.225 e. The van der Waals surface area contributed by atoms with Crippen molar-refractivity contribution in [2.75, 3.05) is 44.7 Å². The summed E-state index contributed by atoms with van der Waals surface area (Å²) in [7, 11) is 1.94. The van der Waals surface area contributed by atoms with E-state index in [0.29, 0.717) is 6.54 Å². The van der Waals surface area contributed by atoms with Crippen molar-refractivity contribution in [3.63, 3.8) is 0 Å². The highest BCUT2D eigenvalue weighted by Crippen LogP contribution is 2.22. The largest absolute Gasteiger partial charge is 0.374 e. The van der Waals surface area contributed by atoms with Gasteiger partial charge in [-0.3, -0.25) is 14.6 Å². The fourth-order valence-corrected chi connectivity index (χ4v) is 3.41. The minimum absolute atomic E-state index is 0.0406. The number of ether oxygens (including phenoxy) is 1. The Morgan fingerprint density at radius 1 is 1.67 bits per heavy atom. The van der Waals surface area contributed by atoms with E-state index in [4.69, 9.17) is 4.74 Å². The van der Waals surface area contributed by atoms with Crippen LogP contribution in [-0.2, 0) is 16.1 Å². The number of anilines is 1. The van der Waals surface area contributed by atoms with E-state index in [2.05, 4.69) is 15.2 Å². The van der Waals surface area contributed by atoms with E-state index < -0.39 is 0 Å². The Balaban J connectivity index is 1.94. The zero-order valence-electron chi connectivity index (χ0n) is 13.0. The molecule has 118 valence electrons. The number of nitrogens with zero attached hydrogens (tertiary/aromatic N) is 3. The second-order valence-corrected chi connectivity index (χ2v) is 6.01. The van der Waals surface area contributed by atoms with Crippen molar-refractivity contribution in [1.29, 1.82) is 0 Å². The highest BCUT2D eigenvalue weighted by atomic mass is 32.1. The molecule has 1 N–H and O–H groups in total. The molecule has 7 heteroatoms. The summed E-state index contributed by atoms with van der Waals surface area (Å²) in [5.74, 6) is 0.0406. The van der Waals surface area contributed by atoms with E-state index in [1.54, 1.807) is 11.8 Å². The summed E-state index contributed by atoms with van der Waals surface area (Å²) in [6, 6.07) is 0. The summed E-state index contributed by atoms with van der Waals surface area (Å²) < 4.78 is 5.70. The molecule has 1 atom stereocenters. The molecule has 1 fully saturated rings. The molecule has 0 radical (unpaired) electrons. The molecule has 0 aromatic carbocycles. The van der Waals surface area contributed by atoms with E-state index in [1.807, 2.05) is 19.4 Å². The van der Waals surface area contributed by atoms with Crippen LogP contribution in [0.15, 0.2) is 5.38 Å². The fourth-order valence-electron chi connectivity index (χ4n) is 2.49. The lowest BCUT2D eigenvalue weighted by Gasteiger charge is -2.32. The lowest BCUT2D eigenvalue weighted by Crippen LogP contribution is -2.45. The normalized spacial score (nSPS) is 19.7. The van der Waals surface area contributed by atoms with E-state index in [9.17, 15) is 4.79 Å². The molecule has 1 amide bonds. The third-order valence-electron chi connectivity index (χ3n) is 3.51. The molecule has 0 bridgehead atoms. The highest BCUT2D eigenvalue weighted by Gasteiger charge is 2.21. The Hall–Kier alpha value is -1.02. The summed E-state index contributed by atoms with van der Waals surface area (Å²) >= 11 is 1.53. The van der Waals surface area contributed by atoms with E-state index in [1.165, 1.54) is 11.3 Å². The predicted molar refractivity (Wildman–Crippen MR) is 84.8 cm³/mol. The Labute approximate surface area is 130 Å². The quantitative estimate of drug-likeness (QED) is 0.847. The Morgan fingerprint density at radius 2 is 2.48 bits per heavy atom. The van der Waals surface area contributed by atoms with Crippen molar-refractivity contribution in [3.8, 4) is 0 Å². The highest BCUT2D eigenvalue weighted by molar-refractivity contribution is 7.14. The first kappa shape index (κ1) is 16.4. The van der Waals surface area contributed by atoms with Crippen LogP contribution in [0.1, 0.15) is 19.5 Å². The third-order valence-corrected chi connectivity index (χ3v) is 4.42. The van der Waals surface area contributed by atoms with Crippen LogP contribution >= 0.6 is 11.3 Å². The van der Waals surface area contributed by atoms with Crippen LogP contribution in [0.25, 0.3) is 0 Å². The number of rotatable bonds is 6. The van der Waals surface area contributed by atoms with Gasteiger partial charge in [0.15, 0.2) is 5.13 Å². The van der Waals surface area contributed by atoms with Gasteiger partial charge in [0.25, 0.3) is 0 Å². The zero-order chi connectivity index (χ0) is 15.2. The standard InChI is InChI=1S/C14H24N4O2S/c1-4-18(11(2)19)14-16-12(10-21-14)8-17-5-6-20-13(9-17)7-15-3/h10,13,15H,4-9H2,1-3H3. The van der Waals surface area contributed by atoms with Crippen LogP contribution in [0.4, 0.5) is 5.13 Å². The van der Waals surface area contributed by atoms with E-state index in [-0.39, 0.29) is 12.0 Å². The van der Waals surface area contributed by atoms with E-state index >= 15 is 0 Å². The summed E-state index contributed by atoms with van der Waals surface area (Å²) in [5.41, 5.74) is 1.03. The molecule has 1 unspecified atom stereocenters. The number of carbonyl (C=O) groups is 1. The Morgan fingerprint density at radius 3 is 3.14 bits per heavy atom. The number of morpholine rings is 1. The van der Waals surface area contributed by atoms with Gasteiger partial charge in [0.2, 0.25) is 5.91 Å². The average molecular weight is 312 g/mol. The molecular formula is C14H24N4O2S. The number of hydrogen-bond donors (Lipinski definition) is 1. The van der Waals surface area contributed by atoms with Gasteiger partial charge in [0, 0.05) is 45.0 Å². The van der Waals surface area contributed by atoms with Gasteiger partial charge in [0.1, 0.15) is 0 Å². The molecular weight excluding hydrogens is 288 g/mol.